The van der Waals surface area contributed by atoms with E-state index in [1.54, 1.807) is 44.2 Å². The first-order valence-electron chi connectivity index (χ1n) is 8.27. The van der Waals surface area contributed by atoms with Crippen LogP contribution in [0.1, 0.15) is 24.2 Å². The maximum absolute atomic E-state index is 12.9. The molecule has 1 aromatic rings. The van der Waals surface area contributed by atoms with Gasteiger partial charge in [-0.3, -0.25) is 4.79 Å². The van der Waals surface area contributed by atoms with Crippen LogP contribution in [0, 0.1) is 0 Å². The molecule has 9 heteroatoms. The second-order valence-corrected chi connectivity index (χ2v) is 7.37. The van der Waals surface area contributed by atoms with E-state index in [4.69, 9.17) is 4.74 Å². The number of hydrogen-bond donors (Lipinski definition) is 0. The van der Waals surface area contributed by atoms with Gasteiger partial charge in [-0.05, 0) is 18.2 Å². The molecule has 0 saturated heterocycles. The van der Waals surface area contributed by atoms with Crippen molar-refractivity contribution in [3.63, 3.8) is 0 Å². The van der Waals surface area contributed by atoms with Gasteiger partial charge in [-0.2, -0.15) is 9.10 Å². The van der Waals surface area contributed by atoms with Crippen molar-refractivity contribution in [3.05, 3.63) is 64.2 Å². The van der Waals surface area contributed by atoms with E-state index in [0.717, 1.165) is 0 Å². The van der Waals surface area contributed by atoms with Crippen LogP contribution in [0.3, 0.4) is 0 Å². The van der Waals surface area contributed by atoms with Crippen molar-refractivity contribution in [2.24, 2.45) is 4.99 Å². The van der Waals surface area contributed by atoms with Crippen molar-refractivity contribution in [1.29, 1.82) is 0 Å². The number of sulfonamides is 1. The average molecular weight is 388 g/mol. The van der Waals surface area contributed by atoms with Gasteiger partial charge in [0.1, 0.15) is 5.71 Å². The molecule has 1 aliphatic carbocycles. The molecule has 0 spiro atoms. The zero-order valence-electron chi connectivity index (χ0n) is 15.3. The Bertz CT molecular complexity index is 968. The Morgan fingerprint density at radius 1 is 1.19 bits per heavy atom. The molecule has 0 aromatic heterocycles. The number of allylic oxidation sites excluding steroid dienone is 3. The lowest BCUT2D eigenvalue weighted by Gasteiger charge is -2.20. The lowest BCUT2D eigenvalue weighted by atomic mass is 10.1. The first kappa shape index (κ1) is 20.4. The topological polar surface area (TPSA) is 112 Å². The number of carbonyl (C=O) groups is 1. The standard InChI is InChI=1S/C18H20N4O4S/c1-4-22(5-2)27(24,25)17-12-14(16(26-3)11-15(17)21-19)20-18(23)13-9-7-6-8-10-13/h6-12H,4-5H2,1-3H3. The van der Waals surface area contributed by atoms with Crippen molar-refractivity contribution < 1.29 is 22.7 Å². The number of rotatable bonds is 6. The molecule has 0 bridgehead atoms. The van der Waals surface area contributed by atoms with E-state index in [1.807, 2.05) is 0 Å². The van der Waals surface area contributed by atoms with Gasteiger partial charge in [-0.1, -0.05) is 32.0 Å². The van der Waals surface area contributed by atoms with E-state index in [0.29, 0.717) is 5.56 Å². The van der Waals surface area contributed by atoms with Crippen LogP contribution < -0.4 is 0 Å². The molecule has 0 N–H and O–H groups in total. The maximum Gasteiger partial charge on any atom is 0.339 e. The second-order valence-electron chi connectivity index (χ2n) is 5.46. The molecular weight excluding hydrogens is 368 g/mol. The molecule has 0 unspecified atom stereocenters. The highest BCUT2D eigenvalue weighted by Gasteiger charge is 2.36. The van der Waals surface area contributed by atoms with Gasteiger partial charge < -0.3 is 10.3 Å². The molecule has 0 fully saturated rings. The van der Waals surface area contributed by atoms with Gasteiger partial charge in [0.05, 0.1) is 13.2 Å². The molecule has 0 saturated carbocycles. The molecular formula is C18H20N4O4S. The molecule has 27 heavy (non-hydrogen) atoms. The van der Waals surface area contributed by atoms with Gasteiger partial charge in [0.2, 0.25) is 0 Å². The van der Waals surface area contributed by atoms with Gasteiger partial charge in [0.25, 0.3) is 15.9 Å². The summed E-state index contributed by atoms with van der Waals surface area (Å²) in [6.07, 6.45) is 2.41. The predicted molar refractivity (Wildman–Crippen MR) is 102 cm³/mol. The van der Waals surface area contributed by atoms with Crippen molar-refractivity contribution in [2.75, 3.05) is 20.2 Å². The number of benzene rings is 1. The van der Waals surface area contributed by atoms with Crippen LogP contribution in [0.4, 0.5) is 0 Å². The van der Waals surface area contributed by atoms with Crippen LogP contribution in [0.2, 0.25) is 0 Å². The van der Waals surface area contributed by atoms with Crippen molar-refractivity contribution in [3.8, 4) is 0 Å². The first-order valence-corrected chi connectivity index (χ1v) is 9.71. The van der Waals surface area contributed by atoms with E-state index >= 15 is 0 Å². The summed E-state index contributed by atoms with van der Waals surface area (Å²) in [4.78, 5) is 19.2. The number of amides is 1. The van der Waals surface area contributed by atoms with E-state index in [1.165, 1.54) is 23.6 Å². The number of hydrogen-bond acceptors (Lipinski definition) is 4. The molecule has 0 heterocycles. The molecule has 0 atom stereocenters. The summed E-state index contributed by atoms with van der Waals surface area (Å²) in [5, 5.41) is 0. The molecule has 0 radical (unpaired) electrons. The number of nitrogens with zero attached hydrogens (tertiary/aromatic N) is 4. The number of ether oxygens (including phenoxy) is 1. The van der Waals surface area contributed by atoms with Gasteiger partial charge in [0.15, 0.2) is 10.7 Å². The molecule has 0 aliphatic heterocycles. The molecule has 8 nitrogen and oxygen atoms in total. The van der Waals surface area contributed by atoms with E-state index in [2.05, 4.69) is 9.78 Å². The Kier molecular flexibility index (Phi) is 6.57. The van der Waals surface area contributed by atoms with Crippen molar-refractivity contribution in [2.45, 2.75) is 13.8 Å². The Labute approximate surface area is 158 Å². The first-order chi connectivity index (χ1) is 12.9. The summed E-state index contributed by atoms with van der Waals surface area (Å²) in [6, 6.07) is 8.37. The van der Waals surface area contributed by atoms with Gasteiger partial charge >= 0.3 is 5.71 Å². The minimum absolute atomic E-state index is 0.0319. The highest BCUT2D eigenvalue weighted by Crippen LogP contribution is 2.22. The maximum atomic E-state index is 12.9. The third-order valence-corrected chi connectivity index (χ3v) is 6.01. The van der Waals surface area contributed by atoms with E-state index in [9.17, 15) is 18.7 Å². The molecule has 1 aliphatic rings. The van der Waals surface area contributed by atoms with Crippen LogP contribution in [0.15, 0.2) is 58.1 Å². The summed E-state index contributed by atoms with van der Waals surface area (Å²) < 4.78 is 32.1. The SMILES string of the molecule is CCN(CC)S(=O)(=O)C1=CC(=NC(=O)c2ccccc2)C(OC)=CC1=[N+]=[N-]. The van der Waals surface area contributed by atoms with Crippen LogP contribution in [-0.2, 0) is 14.8 Å². The predicted octanol–water partition coefficient (Wildman–Crippen LogP) is 2.04. The monoisotopic (exact) mass is 388 g/mol. The normalized spacial score (nSPS) is 16.0. The molecule has 1 amide bonds. The number of carbonyl (C=O) groups excluding carboxylic acids is 1. The summed E-state index contributed by atoms with van der Waals surface area (Å²) >= 11 is 0. The van der Waals surface area contributed by atoms with Gasteiger partial charge in [0, 0.05) is 18.7 Å². The summed E-state index contributed by atoms with van der Waals surface area (Å²) in [5.41, 5.74) is 9.46. The fourth-order valence-corrected chi connectivity index (χ4v) is 4.11. The Hall–Kier alpha value is -2.87. The van der Waals surface area contributed by atoms with E-state index < -0.39 is 15.9 Å². The summed E-state index contributed by atoms with van der Waals surface area (Å²) in [6.45, 7) is 3.88. The van der Waals surface area contributed by atoms with Crippen LogP contribution in [-0.4, -0.2) is 55.0 Å². The Morgan fingerprint density at radius 2 is 1.81 bits per heavy atom. The smallest absolute Gasteiger partial charge is 0.339 e. The fourth-order valence-electron chi connectivity index (χ4n) is 2.53. The quantitative estimate of drug-likeness (QED) is 0.421. The minimum atomic E-state index is -3.94. The zero-order chi connectivity index (χ0) is 20.0. The number of methoxy groups -OCH3 is 1. The third kappa shape index (κ3) is 4.28. The Balaban J connectivity index is 2.59. The van der Waals surface area contributed by atoms with Crippen LogP contribution in [0.5, 0.6) is 0 Å². The largest absolute Gasteiger partial charge is 0.494 e. The van der Waals surface area contributed by atoms with Gasteiger partial charge in [-0.25, -0.2) is 13.4 Å². The molecule has 2 rings (SSSR count). The molecule has 142 valence electrons. The highest BCUT2D eigenvalue weighted by molar-refractivity contribution is 7.94. The van der Waals surface area contributed by atoms with Crippen molar-refractivity contribution >= 4 is 27.4 Å². The highest BCUT2D eigenvalue weighted by atomic mass is 32.2. The Morgan fingerprint density at radius 3 is 2.33 bits per heavy atom. The third-order valence-electron chi connectivity index (χ3n) is 3.93. The molecule has 1 aromatic carbocycles. The zero-order valence-corrected chi connectivity index (χ0v) is 16.1. The summed E-state index contributed by atoms with van der Waals surface area (Å²) in [7, 11) is -2.59. The average Bonchev–Trinajstić information content (AvgIpc) is 2.69. The fraction of sp³-hybridized carbons (Fsp3) is 0.278. The lowest BCUT2D eigenvalue weighted by Crippen LogP contribution is -2.35. The summed E-state index contributed by atoms with van der Waals surface area (Å²) in [5.74, 6) is -0.431. The van der Waals surface area contributed by atoms with Crippen molar-refractivity contribution in [1.82, 2.24) is 4.31 Å². The van der Waals surface area contributed by atoms with Gasteiger partial charge in [-0.15, -0.1) is 0 Å². The van der Waals surface area contributed by atoms with E-state index in [-0.39, 0.29) is 35.2 Å². The second kappa shape index (κ2) is 8.68. The minimum Gasteiger partial charge on any atom is -0.494 e. The lowest BCUT2D eigenvalue weighted by molar-refractivity contribution is -0.00221. The van der Waals surface area contributed by atoms with Crippen LogP contribution >= 0.6 is 0 Å². The number of aliphatic imine (C=N–C) groups is 1. The van der Waals surface area contributed by atoms with Crippen LogP contribution in [0.25, 0.3) is 5.53 Å².